The monoisotopic (exact) mass is 141 g/mol. The molecule has 1 aliphatic carbocycles. The van der Waals surface area contributed by atoms with Crippen molar-refractivity contribution in [2.75, 3.05) is 0 Å². The highest BCUT2D eigenvalue weighted by atomic mass is 16.2. The average molecular weight is 141 g/mol. The van der Waals surface area contributed by atoms with Gasteiger partial charge in [-0.15, -0.1) is 0 Å². The van der Waals surface area contributed by atoms with Crippen molar-refractivity contribution in [1.82, 2.24) is 5.32 Å². The topological polar surface area (TPSA) is 46.2 Å². The Labute approximate surface area is 59.8 Å². The van der Waals surface area contributed by atoms with Crippen molar-refractivity contribution in [3.8, 4) is 0 Å². The van der Waals surface area contributed by atoms with Crippen molar-refractivity contribution in [1.29, 1.82) is 0 Å². The Hall–Kier alpha value is -0.860. The molecule has 0 aromatic rings. The second kappa shape index (κ2) is 2.82. The van der Waals surface area contributed by atoms with Crippen LogP contribution in [0.25, 0.3) is 0 Å². The number of carbonyl (C=O) groups is 2. The highest BCUT2D eigenvalue weighted by Gasteiger charge is 2.29. The number of hydrogen-bond acceptors (Lipinski definition) is 2. The quantitative estimate of drug-likeness (QED) is 0.566. The summed E-state index contributed by atoms with van der Waals surface area (Å²) in [6, 6.07) is -0.326. The van der Waals surface area contributed by atoms with E-state index in [0.717, 1.165) is 19.1 Å². The molecule has 0 aliphatic heterocycles. The summed E-state index contributed by atoms with van der Waals surface area (Å²) >= 11 is 0. The van der Waals surface area contributed by atoms with Crippen LogP contribution in [-0.4, -0.2) is 18.2 Å². The molecule has 1 fully saturated rings. The SMILES string of the molecule is C[C@H](C=O)NC(=O)C1CC1. The summed E-state index contributed by atoms with van der Waals surface area (Å²) in [5.74, 6) is 0.224. The Morgan fingerprint density at radius 1 is 1.70 bits per heavy atom. The van der Waals surface area contributed by atoms with E-state index in [-0.39, 0.29) is 17.9 Å². The average Bonchev–Trinajstić information content (AvgIpc) is 2.68. The molecule has 0 aromatic carbocycles. The third-order valence-corrected chi connectivity index (χ3v) is 1.52. The van der Waals surface area contributed by atoms with Crippen LogP contribution in [0.1, 0.15) is 19.8 Å². The Morgan fingerprint density at radius 3 is 2.70 bits per heavy atom. The minimum atomic E-state index is -0.326. The van der Waals surface area contributed by atoms with Crippen molar-refractivity contribution >= 4 is 12.2 Å². The number of rotatable bonds is 3. The highest BCUT2D eigenvalue weighted by Crippen LogP contribution is 2.28. The van der Waals surface area contributed by atoms with Gasteiger partial charge in [0.05, 0.1) is 6.04 Å². The van der Waals surface area contributed by atoms with Crippen molar-refractivity contribution in [2.45, 2.75) is 25.8 Å². The lowest BCUT2D eigenvalue weighted by molar-refractivity contribution is -0.124. The van der Waals surface area contributed by atoms with E-state index < -0.39 is 0 Å². The van der Waals surface area contributed by atoms with Gasteiger partial charge in [0.1, 0.15) is 6.29 Å². The Bertz CT molecular complexity index is 152. The lowest BCUT2D eigenvalue weighted by atomic mass is 10.3. The molecule has 56 valence electrons. The molecule has 1 amide bonds. The Kier molecular flexibility index (Phi) is 2.04. The minimum Gasteiger partial charge on any atom is -0.347 e. The van der Waals surface area contributed by atoms with Crippen LogP contribution in [0.5, 0.6) is 0 Å². The van der Waals surface area contributed by atoms with E-state index in [1.165, 1.54) is 0 Å². The number of amides is 1. The number of nitrogens with one attached hydrogen (secondary N) is 1. The maximum Gasteiger partial charge on any atom is 0.223 e. The molecule has 3 nitrogen and oxygen atoms in total. The fourth-order valence-electron chi connectivity index (χ4n) is 0.722. The Balaban J connectivity index is 2.22. The third-order valence-electron chi connectivity index (χ3n) is 1.52. The molecule has 1 rings (SSSR count). The van der Waals surface area contributed by atoms with Crippen LogP contribution >= 0.6 is 0 Å². The van der Waals surface area contributed by atoms with Crippen LogP contribution < -0.4 is 5.32 Å². The molecule has 1 N–H and O–H groups in total. The number of aldehydes is 1. The van der Waals surface area contributed by atoms with Gasteiger partial charge in [0, 0.05) is 5.92 Å². The second-order valence-corrected chi connectivity index (χ2v) is 2.71. The molecule has 0 saturated heterocycles. The van der Waals surface area contributed by atoms with Crippen LogP contribution in [0.3, 0.4) is 0 Å². The normalized spacial score (nSPS) is 19.7. The van der Waals surface area contributed by atoms with Crippen LogP contribution in [0.2, 0.25) is 0 Å². The van der Waals surface area contributed by atoms with Gasteiger partial charge in [-0.3, -0.25) is 4.79 Å². The maximum absolute atomic E-state index is 10.9. The lowest BCUT2D eigenvalue weighted by Crippen LogP contribution is -2.34. The van der Waals surface area contributed by atoms with E-state index in [2.05, 4.69) is 5.32 Å². The van der Waals surface area contributed by atoms with Gasteiger partial charge in [-0.25, -0.2) is 0 Å². The summed E-state index contributed by atoms with van der Waals surface area (Å²) in [7, 11) is 0. The second-order valence-electron chi connectivity index (χ2n) is 2.71. The van der Waals surface area contributed by atoms with Crippen LogP contribution in [0.4, 0.5) is 0 Å². The molecule has 0 heterocycles. The summed E-state index contributed by atoms with van der Waals surface area (Å²) in [5.41, 5.74) is 0. The van der Waals surface area contributed by atoms with E-state index in [4.69, 9.17) is 0 Å². The van der Waals surface area contributed by atoms with E-state index in [9.17, 15) is 9.59 Å². The van der Waals surface area contributed by atoms with Gasteiger partial charge in [-0.2, -0.15) is 0 Å². The third kappa shape index (κ3) is 1.83. The van der Waals surface area contributed by atoms with E-state index in [0.29, 0.717) is 0 Å². The molecule has 0 radical (unpaired) electrons. The van der Waals surface area contributed by atoms with Crippen molar-refractivity contribution in [3.05, 3.63) is 0 Å². The number of hydrogen-bond donors (Lipinski definition) is 1. The molecule has 1 atom stereocenters. The van der Waals surface area contributed by atoms with Gasteiger partial charge < -0.3 is 10.1 Å². The number of carbonyl (C=O) groups excluding carboxylic acids is 2. The van der Waals surface area contributed by atoms with Gasteiger partial charge in [0.25, 0.3) is 0 Å². The molecule has 0 unspecified atom stereocenters. The fraction of sp³-hybridized carbons (Fsp3) is 0.714. The molecule has 10 heavy (non-hydrogen) atoms. The van der Waals surface area contributed by atoms with Gasteiger partial charge in [-0.1, -0.05) is 0 Å². The largest absolute Gasteiger partial charge is 0.347 e. The fourth-order valence-corrected chi connectivity index (χ4v) is 0.722. The maximum atomic E-state index is 10.9. The first-order valence-electron chi connectivity index (χ1n) is 3.49. The zero-order valence-corrected chi connectivity index (χ0v) is 5.96. The van der Waals surface area contributed by atoms with E-state index in [1.54, 1.807) is 6.92 Å². The summed E-state index contributed by atoms with van der Waals surface area (Å²) in [5, 5.41) is 2.58. The predicted molar refractivity (Wildman–Crippen MR) is 36.4 cm³/mol. The summed E-state index contributed by atoms with van der Waals surface area (Å²) in [6.45, 7) is 1.67. The zero-order chi connectivity index (χ0) is 7.56. The summed E-state index contributed by atoms with van der Waals surface area (Å²) in [6.07, 6.45) is 2.70. The van der Waals surface area contributed by atoms with Gasteiger partial charge >= 0.3 is 0 Å². The molecule has 0 aromatic heterocycles. The zero-order valence-electron chi connectivity index (χ0n) is 5.96. The first kappa shape index (κ1) is 7.25. The van der Waals surface area contributed by atoms with Crippen LogP contribution in [-0.2, 0) is 9.59 Å². The molecule has 0 spiro atoms. The predicted octanol–water partition coefficient (Wildman–Crippen LogP) is 0.1000. The molecule has 3 heteroatoms. The summed E-state index contributed by atoms with van der Waals surface area (Å²) < 4.78 is 0. The lowest BCUT2D eigenvalue weighted by Gasteiger charge is -2.04. The molecule has 0 bridgehead atoms. The molecule has 1 aliphatic rings. The van der Waals surface area contributed by atoms with Gasteiger partial charge in [0.15, 0.2) is 0 Å². The van der Waals surface area contributed by atoms with Crippen molar-refractivity contribution in [3.63, 3.8) is 0 Å². The van der Waals surface area contributed by atoms with Crippen LogP contribution in [0.15, 0.2) is 0 Å². The standard InChI is InChI=1S/C7H11NO2/c1-5(4-9)8-7(10)6-2-3-6/h4-6H,2-3H2,1H3,(H,8,10)/t5-/m1/s1. The Morgan fingerprint density at radius 2 is 2.30 bits per heavy atom. The smallest absolute Gasteiger partial charge is 0.223 e. The summed E-state index contributed by atoms with van der Waals surface area (Å²) in [4.78, 5) is 21.0. The molecular formula is C7H11NO2. The minimum absolute atomic E-state index is 0.0274. The van der Waals surface area contributed by atoms with Gasteiger partial charge in [-0.05, 0) is 19.8 Å². The van der Waals surface area contributed by atoms with Gasteiger partial charge in [0.2, 0.25) is 5.91 Å². The van der Waals surface area contributed by atoms with Crippen molar-refractivity contribution < 1.29 is 9.59 Å². The first-order chi connectivity index (χ1) is 4.74. The molecular weight excluding hydrogens is 130 g/mol. The first-order valence-corrected chi connectivity index (χ1v) is 3.49. The van der Waals surface area contributed by atoms with E-state index in [1.807, 2.05) is 0 Å². The van der Waals surface area contributed by atoms with Crippen LogP contribution in [0, 0.1) is 5.92 Å². The van der Waals surface area contributed by atoms with Crippen molar-refractivity contribution in [2.24, 2.45) is 5.92 Å². The highest BCUT2D eigenvalue weighted by molar-refractivity contribution is 5.83. The molecule has 1 saturated carbocycles. The van der Waals surface area contributed by atoms with E-state index >= 15 is 0 Å².